The van der Waals surface area contributed by atoms with Gasteiger partial charge >= 0.3 is 0 Å². The Morgan fingerprint density at radius 3 is 2.80 bits per heavy atom. The van der Waals surface area contributed by atoms with Crippen molar-refractivity contribution in [1.82, 2.24) is 20.0 Å². The van der Waals surface area contributed by atoms with Gasteiger partial charge in [0.25, 0.3) is 0 Å². The largest absolute Gasteiger partial charge is 0.338 e. The summed E-state index contributed by atoms with van der Waals surface area (Å²) >= 11 is 0. The first-order valence-electron chi connectivity index (χ1n) is 7.57. The second-order valence-electron chi connectivity index (χ2n) is 5.48. The Bertz CT molecular complexity index is 836. The summed E-state index contributed by atoms with van der Waals surface area (Å²) in [6.45, 7) is 0.450. The zero-order chi connectivity index (χ0) is 17.6. The van der Waals surface area contributed by atoms with Gasteiger partial charge in [0.05, 0.1) is 13.1 Å². The van der Waals surface area contributed by atoms with Gasteiger partial charge in [-0.05, 0) is 43.4 Å². The highest BCUT2D eigenvalue weighted by Gasteiger charge is 2.13. The number of hydrogen-bond acceptors (Lipinski definition) is 6. The summed E-state index contributed by atoms with van der Waals surface area (Å²) in [6, 6.07) is 9.21. The topological polar surface area (TPSA) is 84.2 Å². The summed E-state index contributed by atoms with van der Waals surface area (Å²) in [5, 5.41) is 6.60. The minimum absolute atomic E-state index is 0.127. The molecular weight excluding hydrogens is 325 g/mol. The number of pyridine rings is 1. The van der Waals surface area contributed by atoms with Gasteiger partial charge in [-0.25, -0.2) is 4.39 Å². The number of halogens is 1. The Kier molecular flexibility index (Phi) is 5.10. The molecule has 0 atom stereocenters. The van der Waals surface area contributed by atoms with Crippen LogP contribution in [0.25, 0.3) is 11.4 Å². The molecule has 3 rings (SSSR count). The smallest absolute Gasteiger partial charge is 0.241 e. The van der Waals surface area contributed by atoms with Crippen LogP contribution in [0.2, 0.25) is 0 Å². The number of carbonyl (C=O) groups is 1. The lowest BCUT2D eigenvalue weighted by Crippen LogP contribution is -2.29. The highest BCUT2D eigenvalue weighted by Crippen LogP contribution is 2.14. The fourth-order valence-electron chi connectivity index (χ4n) is 2.20. The SMILES string of the molecule is CN(CC(=O)Nc1ccc(F)cc1)Cc1nc(-c2cccnc2)no1. The maximum atomic E-state index is 12.9. The van der Waals surface area contributed by atoms with E-state index in [-0.39, 0.29) is 18.3 Å². The second-order valence-corrected chi connectivity index (χ2v) is 5.48. The first kappa shape index (κ1) is 16.7. The predicted molar refractivity (Wildman–Crippen MR) is 88.9 cm³/mol. The molecule has 128 valence electrons. The van der Waals surface area contributed by atoms with Gasteiger partial charge in [0.2, 0.25) is 17.6 Å². The molecule has 1 aromatic carbocycles. The van der Waals surface area contributed by atoms with E-state index in [0.717, 1.165) is 5.56 Å². The first-order valence-corrected chi connectivity index (χ1v) is 7.57. The number of amides is 1. The minimum atomic E-state index is -0.351. The fourth-order valence-corrected chi connectivity index (χ4v) is 2.20. The van der Waals surface area contributed by atoms with Crippen LogP contribution in [0.1, 0.15) is 5.89 Å². The van der Waals surface area contributed by atoms with Crippen LogP contribution < -0.4 is 5.32 Å². The summed E-state index contributed by atoms with van der Waals surface area (Å²) < 4.78 is 18.1. The zero-order valence-electron chi connectivity index (χ0n) is 13.5. The van der Waals surface area contributed by atoms with Crippen molar-refractivity contribution in [3.8, 4) is 11.4 Å². The third kappa shape index (κ3) is 4.67. The van der Waals surface area contributed by atoms with E-state index in [9.17, 15) is 9.18 Å². The summed E-state index contributed by atoms with van der Waals surface area (Å²) in [4.78, 5) is 22.0. The van der Waals surface area contributed by atoms with Gasteiger partial charge in [-0.3, -0.25) is 14.7 Å². The van der Waals surface area contributed by atoms with Crippen molar-refractivity contribution in [3.63, 3.8) is 0 Å². The molecule has 0 bridgehead atoms. The maximum Gasteiger partial charge on any atom is 0.241 e. The van der Waals surface area contributed by atoms with E-state index < -0.39 is 0 Å². The van der Waals surface area contributed by atoms with Gasteiger partial charge in [-0.15, -0.1) is 0 Å². The molecule has 8 heteroatoms. The number of rotatable bonds is 6. The van der Waals surface area contributed by atoms with Crippen molar-refractivity contribution in [2.24, 2.45) is 0 Å². The molecule has 2 aromatic heterocycles. The van der Waals surface area contributed by atoms with Crippen LogP contribution in [0.4, 0.5) is 10.1 Å². The lowest BCUT2D eigenvalue weighted by molar-refractivity contribution is -0.117. The van der Waals surface area contributed by atoms with E-state index in [1.54, 1.807) is 30.4 Å². The van der Waals surface area contributed by atoms with Crippen molar-refractivity contribution in [3.05, 3.63) is 60.5 Å². The van der Waals surface area contributed by atoms with E-state index in [2.05, 4.69) is 20.4 Å². The fraction of sp³-hybridized carbons (Fsp3) is 0.176. The molecule has 0 aliphatic rings. The van der Waals surface area contributed by atoms with Crippen LogP contribution in [-0.4, -0.2) is 39.5 Å². The van der Waals surface area contributed by atoms with Crippen molar-refractivity contribution in [1.29, 1.82) is 0 Å². The molecule has 7 nitrogen and oxygen atoms in total. The standard InChI is InChI=1S/C17H16FN5O2/c1-23(10-15(24)20-14-6-4-13(18)5-7-14)11-16-21-17(22-25-16)12-3-2-8-19-9-12/h2-9H,10-11H2,1H3,(H,20,24). The molecule has 0 spiro atoms. The maximum absolute atomic E-state index is 12.9. The summed E-state index contributed by atoms with van der Waals surface area (Å²) in [5.41, 5.74) is 1.30. The van der Waals surface area contributed by atoms with Crippen LogP contribution in [-0.2, 0) is 11.3 Å². The van der Waals surface area contributed by atoms with Crippen LogP contribution in [0.5, 0.6) is 0 Å². The Hall–Kier alpha value is -3.13. The average Bonchev–Trinajstić information content (AvgIpc) is 3.06. The van der Waals surface area contributed by atoms with E-state index in [1.165, 1.54) is 24.3 Å². The van der Waals surface area contributed by atoms with Gasteiger partial charge in [0.15, 0.2) is 0 Å². The molecule has 3 aromatic rings. The second kappa shape index (κ2) is 7.63. The number of benzene rings is 1. The normalized spacial score (nSPS) is 10.8. The lowest BCUT2D eigenvalue weighted by Gasteiger charge is -2.13. The average molecular weight is 341 g/mol. The van der Waals surface area contributed by atoms with Gasteiger partial charge in [0.1, 0.15) is 5.82 Å². The molecule has 0 aliphatic heterocycles. The number of hydrogen-bond donors (Lipinski definition) is 1. The monoisotopic (exact) mass is 341 g/mol. The first-order chi connectivity index (χ1) is 12.1. The summed E-state index contributed by atoms with van der Waals surface area (Å²) in [6.07, 6.45) is 3.31. The van der Waals surface area contributed by atoms with Crippen LogP contribution in [0.3, 0.4) is 0 Å². The molecular formula is C17H16FN5O2. The van der Waals surface area contributed by atoms with E-state index in [1.807, 2.05) is 6.07 Å². The molecule has 25 heavy (non-hydrogen) atoms. The van der Waals surface area contributed by atoms with Gasteiger partial charge in [0, 0.05) is 23.6 Å². The molecule has 0 saturated heterocycles. The molecule has 2 heterocycles. The highest BCUT2D eigenvalue weighted by molar-refractivity contribution is 5.92. The van der Waals surface area contributed by atoms with Crippen molar-refractivity contribution < 1.29 is 13.7 Å². The molecule has 0 unspecified atom stereocenters. The van der Waals surface area contributed by atoms with E-state index in [0.29, 0.717) is 23.9 Å². The van der Waals surface area contributed by atoms with Gasteiger partial charge < -0.3 is 9.84 Å². The number of anilines is 1. The number of nitrogens with one attached hydrogen (secondary N) is 1. The molecule has 0 aliphatic carbocycles. The third-order valence-electron chi connectivity index (χ3n) is 3.33. The Balaban J connectivity index is 1.54. The highest BCUT2D eigenvalue weighted by atomic mass is 19.1. The van der Waals surface area contributed by atoms with Crippen LogP contribution in [0.15, 0.2) is 53.3 Å². The van der Waals surface area contributed by atoms with Gasteiger partial charge in [-0.2, -0.15) is 4.98 Å². The minimum Gasteiger partial charge on any atom is -0.338 e. The number of carbonyl (C=O) groups excluding carboxylic acids is 1. The van der Waals surface area contributed by atoms with Crippen molar-refractivity contribution in [2.75, 3.05) is 18.9 Å². The van der Waals surface area contributed by atoms with E-state index in [4.69, 9.17) is 4.52 Å². The van der Waals surface area contributed by atoms with E-state index >= 15 is 0 Å². The molecule has 1 amide bonds. The van der Waals surface area contributed by atoms with Crippen molar-refractivity contribution >= 4 is 11.6 Å². The Morgan fingerprint density at radius 2 is 2.08 bits per heavy atom. The zero-order valence-corrected chi connectivity index (χ0v) is 13.5. The Labute approximate surface area is 143 Å². The third-order valence-corrected chi connectivity index (χ3v) is 3.33. The molecule has 1 N–H and O–H groups in total. The van der Waals surface area contributed by atoms with Gasteiger partial charge in [-0.1, -0.05) is 5.16 Å². The Morgan fingerprint density at radius 1 is 1.28 bits per heavy atom. The van der Waals surface area contributed by atoms with Crippen molar-refractivity contribution in [2.45, 2.75) is 6.54 Å². The summed E-state index contributed by atoms with van der Waals surface area (Å²) in [7, 11) is 1.76. The molecule has 0 fully saturated rings. The lowest BCUT2D eigenvalue weighted by atomic mass is 10.3. The van der Waals surface area contributed by atoms with Crippen LogP contribution in [0, 0.1) is 5.82 Å². The number of aromatic nitrogens is 3. The summed E-state index contributed by atoms with van der Waals surface area (Å²) in [5.74, 6) is 0.278. The quantitative estimate of drug-likeness (QED) is 0.741. The molecule has 0 saturated carbocycles. The molecule has 0 radical (unpaired) electrons. The number of likely N-dealkylation sites (N-methyl/N-ethyl adjacent to an activating group) is 1. The van der Waals surface area contributed by atoms with Crippen LogP contribution >= 0.6 is 0 Å². The number of nitrogens with zero attached hydrogens (tertiary/aromatic N) is 4. The predicted octanol–water partition coefficient (Wildman–Crippen LogP) is 2.34.